The Kier molecular flexibility index (Phi) is 3.07. The third kappa shape index (κ3) is 2.38. The Bertz CT molecular complexity index is 582. The SMILES string of the molecule is NC(=O)c1ccc(NC2(C(F)(F)F)CC2)c([N+](=O)[O-])c1. The van der Waals surface area contributed by atoms with Crippen LogP contribution in [0.1, 0.15) is 23.2 Å². The van der Waals surface area contributed by atoms with Crippen LogP contribution in [0.5, 0.6) is 0 Å². The first-order valence-corrected chi connectivity index (χ1v) is 5.59. The van der Waals surface area contributed by atoms with Gasteiger partial charge in [-0.3, -0.25) is 14.9 Å². The molecule has 108 valence electrons. The third-order valence-corrected chi connectivity index (χ3v) is 3.15. The van der Waals surface area contributed by atoms with Crippen LogP contribution >= 0.6 is 0 Å². The van der Waals surface area contributed by atoms with Gasteiger partial charge in [0.25, 0.3) is 5.69 Å². The molecule has 0 bridgehead atoms. The topological polar surface area (TPSA) is 98.3 Å². The van der Waals surface area contributed by atoms with Crippen LogP contribution in [0, 0.1) is 10.1 Å². The summed E-state index contributed by atoms with van der Waals surface area (Å²) in [6.45, 7) is 0. The van der Waals surface area contributed by atoms with Crippen LogP contribution in [-0.4, -0.2) is 22.5 Å². The number of hydrogen-bond acceptors (Lipinski definition) is 4. The maximum Gasteiger partial charge on any atom is 0.411 e. The number of alkyl halides is 3. The van der Waals surface area contributed by atoms with E-state index < -0.39 is 28.2 Å². The van der Waals surface area contributed by atoms with E-state index in [4.69, 9.17) is 5.73 Å². The van der Waals surface area contributed by atoms with E-state index in [-0.39, 0.29) is 24.1 Å². The van der Waals surface area contributed by atoms with Crippen molar-refractivity contribution in [2.24, 2.45) is 5.73 Å². The molecule has 1 saturated carbocycles. The highest BCUT2D eigenvalue weighted by atomic mass is 19.4. The molecular weight excluding hydrogens is 279 g/mol. The van der Waals surface area contributed by atoms with Gasteiger partial charge in [0.1, 0.15) is 11.2 Å². The Morgan fingerprint density at radius 1 is 1.40 bits per heavy atom. The number of nitrogens with two attached hydrogens (primary N) is 1. The zero-order chi connectivity index (χ0) is 15.1. The Morgan fingerprint density at radius 2 is 2.00 bits per heavy atom. The van der Waals surface area contributed by atoms with Gasteiger partial charge in [0.15, 0.2) is 0 Å². The average molecular weight is 289 g/mol. The first-order valence-electron chi connectivity index (χ1n) is 5.59. The first kappa shape index (κ1) is 14.1. The van der Waals surface area contributed by atoms with Crippen molar-refractivity contribution in [1.82, 2.24) is 0 Å². The molecule has 0 aliphatic heterocycles. The lowest BCUT2D eigenvalue weighted by atomic mass is 10.1. The summed E-state index contributed by atoms with van der Waals surface area (Å²) in [6, 6.07) is 3.06. The van der Waals surface area contributed by atoms with Crippen LogP contribution in [0.15, 0.2) is 18.2 Å². The number of halogens is 3. The van der Waals surface area contributed by atoms with E-state index in [1.807, 2.05) is 0 Å². The molecular formula is C11H10F3N3O3. The Balaban J connectivity index is 2.38. The lowest BCUT2D eigenvalue weighted by molar-refractivity contribution is -0.384. The fourth-order valence-corrected chi connectivity index (χ4v) is 1.80. The number of benzene rings is 1. The number of carbonyl (C=O) groups is 1. The molecule has 1 aromatic carbocycles. The number of carbonyl (C=O) groups excluding carboxylic acids is 1. The van der Waals surface area contributed by atoms with Crippen molar-refractivity contribution in [3.05, 3.63) is 33.9 Å². The van der Waals surface area contributed by atoms with Crippen molar-refractivity contribution in [1.29, 1.82) is 0 Å². The monoisotopic (exact) mass is 289 g/mol. The van der Waals surface area contributed by atoms with Gasteiger partial charge in [0.2, 0.25) is 5.91 Å². The predicted octanol–water partition coefficient (Wildman–Crippen LogP) is 2.20. The van der Waals surface area contributed by atoms with E-state index in [1.165, 1.54) is 0 Å². The molecule has 3 N–H and O–H groups in total. The largest absolute Gasteiger partial charge is 0.411 e. The summed E-state index contributed by atoms with van der Waals surface area (Å²) in [7, 11) is 0. The Hall–Kier alpha value is -2.32. The molecule has 0 saturated heterocycles. The number of primary amides is 1. The summed E-state index contributed by atoms with van der Waals surface area (Å²) < 4.78 is 38.4. The third-order valence-electron chi connectivity index (χ3n) is 3.15. The molecule has 1 amide bonds. The Labute approximate surface area is 110 Å². The molecule has 6 nitrogen and oxygen atoms in total. The fraction of sp³-hybridized carbons (Fsp3) is 0.364. The zero-order valence-corrected chi connectivity index (χ0v) is 10.0. The highest BCUT2D eigenvalue weighted by molar-refractivity contribution is 5.94. The quantitative estimate of drug-likeness (QED) is 0.655. The van der Waals surface area contributed by atoms with Crippen molar-refractivity contribution >= 4 is 17.3 Å². The molecule has 1 aromatic rings. The number of nitro groups is 1. The van der Waals surface area contributed by atoms with Crippen molar-refractivity contribution in [2.45, 2.75) is 24.6 Å². The van der Waals surface area contributed by atoms with Crippen LogP contribution in [0.4, 0.5) is 24.5 Å². The molecule has 0 atom stereocenters. The molecule has 1 aliphatic rings. The number of hydrogen-bond donors (Lipinski definition) is 2. The molecule has 0 radical (unpaired) electrons. The van der Waals surface area contributed by atoms with Gasteiger partial charge < -0.3 is 11.1 Å². The summed E-state index contributed by atoms with van der Waals surface area (Å²) in [5.74, 6) is -0.892. The van der Waals surface area contributed by atoms with Gasteiger partial charge >= 0.3 is 6.18 Å². The molecule has 0 heterocycles. The van der Waals surface area contributed by atoms with E-state index in [0.29, 0.717) is 0 Å². The summed E-state index contributed by atoms with van der Waals surface area (Å²) in [5, 5.41) is 13.1. The number of nitrogens with zero attached hydrogens (tertiary/aromatic N) is 1. The lowest BCUT2D eigenvalue weighted by Gasteiger charge is -2.21. The molecule has 20 heavy (non-hydrogen) atoms. The minimum absolute atomic E-state index is 0.140. The summed E-state index contributed by atoms with van der Waals surface area (Å²) >= 11 is 0. The molecule has 0 unspecified atom stereocenters. The summed E-state index contributed by atoms with van der Waals surface area (Å²) in [6.07, 6.45) is -4.79. The maximum atomic E-state index is 12.8. The highest BCUT2D eigenvalue weighted by Gasteiger charge is 2.63. The normalized spacial score (nSPS) is 16.6. The lowest BCUT2D eigenvalue weighted by Crippen LogP contribution is -2.38. The van der Waals surface area contributed by atoms with Gasteiger partial charge in [-0.15, -0.1) is 0 Å². The van der Waals surface area contributed by atoms with Crippen LogP contribution in [0.3, 0.4) is 0 Å². The number of anilines is 1. The average Bonchev–Trinajstić information content (AvgIpc) is 3.09. The van der Waals surface area contributed by atoms with Crippen LogP contribution in [-0.2, 0) is 0 Å². The molecule has 9 heteroatoms. The number of rotatable bonds is 4. The standard InChI is InChI=1S/C11H10F3N3O3/c12-11(13,14)10(3-4-10)16-7-2-1-6(9(15)18)5-8(7)17(19)20/h1-2,5,16H,3-4H2,(H2,15,18). The smallest absolute Gasteiger partial charge is 0.366 e. The van der Waals surface area contributed by atoms with E-state index >= 15 is 0 Å². The van der Waals surface area contributed by atoms with Crippen molar-refractivity contribution < 1.29 is 22.9 Å². The van der Waals surface area contributed by atoms with Crippen LogP contribution in [0.25, 0.3) is 0 Å². The molecule has 1 fully saturated rings. The van der Waals surface area contributed by atoms with Crippen molar-refractivity contribution in [2.75, 3.05) is 5.32 Å². The Morgan fingerprint density at radius 3 is 2.40 bits per heavy atom. The maximum absolute atomic E-state index is 12.8. The second kappa shape index (κ2) is 4.36. The number of amides is 1. The fourth-order valence-electron chi connectivity index (χ4n) is 1.80. The highest BCUT2D eigenvalue weighted by Crippen LogP contribution is 2.52. The summed E-state index contributed by atoms with van der Waals surface area (Å²) in [5.41, 5.74) is 1.82. The van der Waals surface area contributed by atoms with E-state index in [2.05, 4.69) is 5.32 Å². The van der Waals surface area contributed by atoms with Gasteiger partial charge in [0.05, 0.1) is 4.92 Å². The van der Waals surface area contributed by atoms with E-state index in [9.17, 15) is 28.1 Å². The van der Waals surface area contributed by atoms with Gasteiger partial charge in [-0.25, -0.2) is 0 Å². The van der Waals surface area contributed by atoms with Gasteiger partial charge in [-0.2, -0.15) is 13.2 Å². The van der Waals surface area contributed by atoms with Crippen molar-refractivity contribution in [3.63, 3.8) is 0 Å². The van der Waals surface area contributed by atoms with Crippen LogP contribution in [0.2, 0.25) is 0 Å². The number of nitrogens with one attached hydrogen (secondary N) is 1. The van der Waals surface area contributed by atoms with Gasteiger partial charge in [-0.05, 0) is 25.0 Å². The van der Waals surface area contributed by atoms with E-state index in [1.54, 1.807) is 0 Å². The van der Waals surface area contributed by atoms with Crippen molar-refractivity contribution in [3.8, 4) is 0 Å². The minimum atomic E-state index is -4.50. The predicted molar refractivity (Wildman–Crippen MR) is 63.3 cm³/mol. The molecule has 0 aromatic heterocycles. The van der Waals surface area contributed by atoms with Crippen LogP contribution < -0.4 is 11.1 Å². The second-order valence-corrected chi connectivity index (χ2v) is 4.56. The molecule has 2 rings (SSSR count). The number of nitro benzene ring substituents is 1. The zero-order valence-electron chi connectivity index (χ0n) is 10.0. The minimum Gasteiger partial charge on any atom is -0.366 e. The van der Waals surface area contributed by atoms with Gasteiger partial charge in [0, 0.05) is 11.6 Å². The molecule has 0 spiro atoms. The van der Waals surface area contributed by atoms with E-state index in [0.717, 1.165) is 18.2 Å². The summed E-state index contributed by atoms with van der Waals surface area (Å²) in [4.78, 5) is 21.0. The second-order valence-electron chi connectivity index (χ2n) is 4.56. The van der Waals surface area contributed by atoms with Gasteiger partial charge in [-0.1, -0.05) is 0 Å². The molecule has 1 aliphatic carbocycles. The first-order chi connectivity index (χ1) is 9.16.